The summed E-state index contributed by atoms with van der Waals surface area (Å²) in [7, 11) is -2.86. The Morgan fingerprint density at radius 1 is 1.57 bits per heavy atom. The zero-order valence-electron chi connectivity index (χ0n) is 7.63. The van der Waals surface area contributed by atoms with Gasteiger partial charge < -0.3 is 5.73 Å². The van der Waals surface area contributed by atoms with E-state index in [0.717, 1.165) is 17.2 Å². The van der Waals surface area contributed by atoms with Crippen LogP contribution < -0.4 is 5.73 Å². The molecule has 0 aliphatic carbocycles. The molecular formula is C6H11N3O2S3. The minimum atomic E-state index is -2.86. The average Bonchev–Trinajstić information content (AvgIpc) is 2.44. The number of hydrogen-bond donors (Lipinski definition) is 1. The summed E-state index contributed by atoms with van der Waals surface area (Å²) in [6, 6.07) is 0. The zero-order chi connectivity index (χ0) is 10.6. The number of thioether (sulfide) groups is 1. The Morgan fingerprint density at radius 2 is 2.29 bits per heavy atom. The van der Waals surface area contributed by atoms with Crippen molar-refractivity contribution in [2.75, 3.05) is 23.5 Å². The molecule has 8 heteroatoms. The van der Waals surface area contributed by atoms with Gasteiger partial charge in [0.1, 0.15) is 20.5 Å². The second kappa shape index (κ2) is 4.94. The van der Waals surface area contributed by atoms with E-state index in [9.17, 15) is 8.42 Å². The Hall–Kier alpha value is -0.340. The van der Waals surface area contributed by atoms with Gasteiger partial charge >= 0.3 is 0 Å². The summed E-state index contributed by atoms with van der Waals surface area (Å²) >= 11 is 2.65. The van der Waals surface area contributed by atoms with Crippen molar-refractivity contribution in [2.45, 2.75) is 5.75 Å². The minimum absolute atomic E-state index is 0.190. The van der Waals surface area contributed by atoms with Crippen molar-refractivity contribution in [3.63, 3.8) is 0 Å². The van der Waals surface area contributed by atoms with Crippen LogP contribution in [0.5, 0.6) is 0 Å². The van der Waals surface area contributed by atoms with Crippen molar-refractivity contribution in [1.82, 2.24) is 9.59 Å². The molecule has 2 N–H and O–H groups in total. The lowest BCUT2D eigenvalue weighted by molar-refractivity contribution is 0.603. The van der Waals surface area contributed by atoms with Crippen LogP contribution in [-0.4, -0.2) is 35.8 Å². The lowest BCUT2D eigenvalue weighted by atomic mass is 10.5. The minimum Gasteiger partial charge on any atom is -0.388 e. The van der Waals surface area contributed by atoms with Crippen molar-refractivity contribution in [2.24, 2.45) is 0 Å². The van der Waals surface area contributed by atoms with Gasteiger partial charge in [0, 0.05) is 29.3 Å². The summed E-state index contributed by atoms with van der Waals surface area (Å²) in [5, 5.41) is 4.43. The molecule has 14 heavy (non-hydrogen) atoms. The Bertz CT molecular complexity index is 387. The summed E-state index contributed by atoms with van der Waals surface area (Å²) in [4.78, 5) is 0. The molecular weight excluding hydrogens is 242 g/mol. The quantitative estimate of drug-likeness (QED) is 0.764. The lowest BCUT2D eigenvalue weighted by Gasteiger charge is -1.98. The summed E-state index contributed by atoms with van der Waals surface area (Å²) in [5.74, 6) is 1.38. The van der Waals surface area contributed by atoms with E-state index in [-0.39, 0.29) is 5.75 Å². The van der Waals surface area contributed by atoms with Crippen LogP contribution in [0.3, 0.4) is 0 Å². The van der Waals surface area contributed by atoms with E-state index >= 15 is 0 Å². The van der Waals surface area contributed by atoms with Gasteiger partial charge in [-0.3, -0.25) is 0 Å². The molecule has 0 amide bonds. The fourth-order valence-corrected chi connectivity index (χ4v) is 3.47. The first-order valence-corrected chi connectivity index (χ1v) is 7.80. The van der Waals surface area contributed by atoms with Crippen LogP contribution in [0.25, 0.3) is 0 Å². The molecule has 1 heterocycles. The van der Waals surface area contributed by atoms with Crippen LogP contribution in [0.15, 0.2) is 0 Å². The van der Waals surface area contributed by atoms with E-state index in [2.05, 4.69) is 9.59 Å². The van der Waals surface area contributed by atoms with E-state index in [4.69, 9.17) is 5.73 Å². The molecule has 0 aliphatic rings. The first-order valence-electron chi connectivity index (χ1n) is 3.81. The molecule has 1 aromatic heterocycles. The molecule has 5 nitrogen and oxygen atoms in total. The molecule has 1 rings (SSSR count). The predicted molar refractivity (Wildman–Crippen MR) is 60.2 cm³/mol. The Balaban J connectivity index is 2.26. The molecule has 0 unspecified atom stereocenters. The maximum absolute atomic E-state index is 10.8. The fraction of sp³-hybridized carbons (Fsp3) is 0.667. The fourth-order valence-electron chi connectivity index (χ4n) is 0.695. The molecule has 0 fully saturated rings. The summed E-state index contributed by atoms with van der Waals surface area (Å²) < 4.78 is 25.3. The van der Waals surface area contributed by atoms with Crippen molar-refractivity contribution >= 4 is 38.1 Å². The number of rotatable bonds is 5. The monoisotopic (exact) mass is 253 g/mol. The van der Waals surface area contributed by atoms with Gasteiger partial charge in [-0.1, -0.05) is 4.49 Å². The molecule has 0 saturated carbocycles. The maximum atomic E-state index is 10.8. The zero-order valence-corrected chi connectivity index (χ0v) is 10.1. The molecule has 0 atom stereocenters. The Kier molecular flexibility index (Phi) is 4.14. The van der Waals surface area contributed by atoms with Crippen LogP contribution >= 0.6 is 23.3 Å². The summed E-state index contributed by atoms with van der Waals surface area (Å²) in [6.07, 6.45) is 1.23. The van der Waals surface area contributed by atoms with Crippen LogP contribution in [0.2, 0.25) is 0 Å². The van der Waals surface area contributed by atoms with Gasteiger partial charge in [0.25, 0.3) is 0 Å². The van der Waals surface area contributed by atoms with E-state index in [1.807, 2.05) is 0 Å². The number of aromatic nitrogens is 2. The number of sulfone groups is 1. The van der Waals surface area contributed by atoms with Crippen LogP contribution in [0.1, 0.15) is 5.69 Å². The van der Waals surface area contributed by atoms with Gasteiger partial charge in [-0.2, -0.15) is 11.8 Å². The smallest absolute Gasteiger partial charge is 0.148 e. The molecule has 0 aliphatic heterocycles. The van der Waals surface area contributed by atoms with Gasteiger partial charge in [0.15, 0.2) is 0 Å². The number of nitrogens with two attached hydrogens (primary N) is 1. The van der Waals surface area contributed by atoms with Gasteiger partial charge in [-0.05, 0) is 0 Å². The second-order valence-corrected chi connectivity index (χ2v) is 6.92. The number of anilines is 1. The maximum Gasteiger partial charge on any atom is 0.148 e. The highest BCUT2D eigenvalue weighted by molar-refractivity contribution is 7.99. The average molecular weight is 253 g/mol. The number of nitrogens with zero attached hydrogens (tertiary/aromatic N) is 2. The first kappa shape index (κ1) is 11.7. The third-order valence-electron chi connectivity index (χ3n) is 1.42. The second-order valence-electron chi connectivity index (χ2n) is 2.77. The summed E-state index contributed by atoms with van der Waals surface area (Å²) in [6.45, 7) is 0. The first-order chi connectivity index (χ1) is 6.49. The molecule has 0 aromatic carbocycles. The molecule has 0 spiro atoms. The number of hydrogen-bond acceptors (Lipinski definition) is 7. The third-order valence-corrected chi connectivity index (χ3v) is 4.19. The highest BCUT2D eigenvalue weighted by Crippen LogP contribution is 2.18. The molecule has 1 aromatic rings. The van der Waals surface area contributed by atoms with Crippen molar-refractivity contribution in [3.05, 3.63) is 5.69 Å². The summed E-state index contributed by atoms with van der Waals surface area (Å²) in [5.41, 5.74) is 6.31. The van der Waals surface area contributed by atoms with E-state index < -0.39 is 9.84 Å². The predicted octanol–water partition coefficient (Wildman–Crippen LogP) is 0.398. The van der Waals surface area contributed by atoms with Crippen LogP contribution in [0, 0.1) is 0 Å². The Labute approximate surface area is 91.2 Å². The standard InChI is InChI=1S/C6H11N3O2S3/c1-14(10,11)3-2-12-4-5-6(7)13-9-8-5/h2-4,7H2,1H3. The molecule has 0 radical (unpaired) electrons. The molecule has 0 bridgehead atoms. The molecule has 0 saturated heterocycles. The van der Waals surface area contributed by atoms with Crippen molar-refractivity contribution < 1.29 is 8.42 Å². The third kappa shape index (κ3) is 4.25. The van der Waals surface area contributed by atoms with E-state index in [1.54, 1.807) is 0 Å². The van der Waals surface area contributed by atoms with Crippen LogP contribution in [0.4, 0.5) is 5.00 Å². The lowest BCUT2D eigenvalue weighted by Crippen LogP contribution is -2.05. The van der Waals surface area contributed by atoms with Gasteiger partial charge in [-0.15, -0.1) is 5.10 Å². The van der Waals surface area contributed by atoms with Crippen molar-refractivity contribution in [1.29, 1.82) is 0 Å². The van der Waals surface area contributed by atoms with E-state index in [0.29, 0.717) is 16.5 Å². The van der Waals surface area contributed by atoms with Crippen LogP contribution in [-0.2, 0) is 15.6 Å². The Morgan fingerprint density at radius 3 is 2.79 bits per heavy atom. The highest BCUT2D eigenvalue weighted by Gasteiger charge is 2.05. The normalized spacial score (nSPS) is 11.8. The van der Waals surface area contributed by atoms with E-state index in [1.165, 1.54) is 18.0 Å². The van der Waals surface area contributed by atoms with Crippen molar-refractivity contribution in [3.8, 4) is 0 Å². The highest BCUT2D eigenvalue weighted by atomic mass is 32.2. The molecule has 80 valence electrons. The number of nitrogen functional groups attached to an aromatic ring is 1. The van der Waals surface area contributed by atoms with Gasteiger partial charge in [-0.25, -0.2) is 8.42 Å². The topological polar surface area (TPSA) is 85.9 Å². The SMILES string of the molecule is CS(=O)(=O)CCSCc1nnsc1N. The van der Waals surface area contributed by atoms with Gasteiger partial charge in [0.2, 0.25) is 0 Å². The van der Waals surface area contributed by atoms with Gasteiger partial charge in [0.05, 0.1) is 5.75 Å². The largest absolute Gasteiger partial charge is 0.388 e.